The van der Waals surface area contributed by atoms with Gasteiger partial charge in [0.2, 0.25) is 0 Å². The topological polar surface area (TPSA) is 105 Å². The molecule has 0 unspecified atom stereocenters. The Bertz CT molecular complexity index is 786. The Morgan fingerprint density at radius 3 is 2.03 bits per heavy atom. The summed E-state index contributed by atoms with van der Waals surface area (Å²) in [5, 5.41) is 9.59. The van der Waals surface area contributed by atoms with Gasteiger partial charge in [0.15, 0.2) is 0 Å². The molecule has 2 amide bonds. The van der Waals surface area contributed by atoms with Crippen LogP contribution < -0.4 is 0 Å². The molecule has 0 aliphatic carbocycles. The van der Waals surface area contributed by atoms with Gasteiger partial charge in [0.05, 0.1) is 12.2 Å². The first-order valence-electron chi connectivity index (χ1n) is 9.17. The monoisotopic (exact) mass is 405 g/mol. The predicted octanol–water partition coefficient (Wildman–Crippen LogP) is 5.04. The molecule has 0 aliphatic heterocycles. The fraction of sp³-hybridized carbons (Fsp3) is 0.476. The number of aromatic amines is 1. The third-order valence-electron chi connectivity index (χ3n) is 3.20. The van der Waals surface area contributed by atoms with E-state index in [1.165, 1.54) is 12.4 Å². The van der Waals surface area contributed by atoms with E-state index in [9.17, 15) is 14.7 Å². The molecular weight excluding hydrogens is 374 g/mol. The first-order valence-corrected chi connectivity index (χ1v) is 9.17. The van der Waals surface area contributed by atoms with Gasteiger partial charge in [-0.3, -0.25) is 4.98 Å². The average Bonchev–Trinajstić information content (AvgIpc) is 2.59. The van der Waals surface area contributed by atoms with Crippen LogP contribution in [0.3, 0.4) is 0 Å². The summed E-state index contributed by atoms with van der Waals surface area (Å²) in [7, 11) is 0. The molecule has 1 heterocycles. The van der Waals surface area contributed by atoms with Crippen LogP contribution >= 0.6 is 0 Å². The molecule has 1 aromatic heterocycles. The molecule has 0 radical (unpaired) electrons. The second kappa shape index (κ2) is 9.45. The minimum absolute atomic E-state index is 0.126. The number of aryl methyl sites for hydroxylation is 1. The SMILES string of the molecule is C=C(O)c1ccc(C)[nH]c(CN(C(=O)OC(C)(C)C)C(=O)OC(C)(C)C)cnc1. The maximum atomic E-state index is 12.6. The molecule has 0 atom stereocenters. The zero-order valence-corrected chi connectivity index (χ0v) is 18.2. The molecule has 0 aliphatic rings. The minimum atomic E-state index is -0.831. The lowest BCUT2D eigenvalue weighted by Crippen LogP contribution is -2.43. The van der Waals surface area contributed by atoms with Crippen LogP contribution in [0.15, 0.2) is 31.1 Å². The summed E-state index contributed by atoms with van der Waals surface area (Å²) >= 11 is 0. The number of hydrogen-bond donors (Lipinski definition) is 2. The molecule has 160 valence electrons. The summed E-state index contributed by atoms with van der Waals surface area (Å²) in [4.78, 5) is 33.4. The van der Waals surface area contributed by atoms with Gasteiger partial charge in [-0.05, 0) is 60.6 Å². The first kappa shape index (κ1) is 24.0. The Balaban J connectivity index is 3.33. The molecule has 0 saturated heterocycles. The molecule has 0 saturated carbocycles. The highest BCUT2D eigenvalue weighted by Gasteiger charge is 2.31. The number of carbonyl (C=O) groups is 2. The zero-order chi connectivity index (χ0) is 22.4. The molecule has 8 heteroatoms. The van der Waals surface area contributed by atoms with Gasteiger partial charge in [-0.25, -0.2) is 14.5 Å². The summed E-state index contributed by atoms with van der Waals surface area (Å²) in [5.41, 5.74) is 0.0103. The Morgan fingerprint density at radius 1 is 1.07 bits per heavy atom. The van der Waals surface area contributed by atoms with Crippen LogP contribution in [0.25, 0.3) is 5.76 Å². The lowest BCUT2D eigenvalue weighted by molar-refractivity contribution is -0.000497. The van der Waals surface area contributed by atoms with Crippen LogP contribution in [0.5, 0.6) is 0 Å². The number of aliphatic hydroxyl groups is 1. The largest absolute Gasteiger partial charge is 0.508 e. The van der Waals surface area contributed by atoms with Gasteiger partial charge in [0.1, 0.15) is 17.0 Å². The molecule has 0 spiro atoms. The maximum Gasteiger partial charge on any atom is 0.420 e. The third-order valence-corrected chi connectivity index (χ3v) is 3.20. The van der Waals surface area contributed by atoms with Gasteiger partial charge in [-0.1, -0.05) is 6.58 Å². The van der Waals surface area contributed by atoms with E-state index in [0.717, 1.165) is 4.90 Å². The second-order valence-electron chi connectivity index (χ2n) is 8.52. The molecule has 0 fully saturated rings. The molecule has 29 heavy (non-hydrogen) atoms. The van der Waals surface area contributed by atoms with Crippen LogP contribution in [0.4, 0.5) is 9.59 Å². The molecular formula is C21H31N3O5. The zero-order valence-electron chi connectivity index (χ0n) is 18.2. The Labute approximate surface area is 171 Å². The number of amides is 2. The predicted molar refractivity (Wildman–Crippen MR) is 111 cm³/mol. The minimum Gasteiger partial charge on any atom is -0.508 e. The van der Waals surface area contributed by atoms with Crippen molar-refractivity contribution in [2.24, 2.45) is 0 Å². The highest BCUT2D eigenvalue weighted by molar-refractivity contribution is 5.88. The summed E-state index contributed by atoms with van der Waals surface area (Å²) in [6, 6.07) is 3.36. The van der Waals surface area contributed by atoms with Crippen LogP contribution in [0, 0.1) is 6.92 Å². The van der Waals surface area contributed by atoms with E-state index < -0.39 is 23.4 Å². The number of nitrogens with zero attached hydrogens (tertiary/aromatic N) is 2. The van der Waals surface area contributed by atoms with Gasteiger partial charge in [-0.2, -0.15) is 0 Å². The van der Waals surface area contributed by atoms with E-state index in [1.54, 1.807) is 60.6 Å². The van der Waals surface area contributed by atoms with Gasteiger partial charge < -0.3 is 19.6 Å². The summed E-state index contributed by atoms with van der Waals surface area (Å²) in [6.45, 7) is 15.4. The van der Waals surface area contributed by atoms with Crippen LogP contribution in [-0.2, 0) is 16.0 Å². The van der Waals surface area contributed by atoms with Gasteiger partial charge in [0.25, 0.3) is 0 Å². The van der Waals surface area contributed by atoms with Crippen molar-refractivity contribution < 1.29 is 24.2 Å². The smallest absolute Gasteiger partial charge is 0.420 e. The Morgan fingerprint density at radius 2 is 1.59 bits per heavy atom. The number of rotatable bonds is 3. The number of H-pyrrole nitrogens is 1. The van der Waals surface area contributed by atoms with Crippen molar-refractivity contribution in [1.82, 2.24) is 14.9 Å². The first-order chi connectivity index (χ1) is 13.2. The molecule has 8 nitrogen and oxygen atoms in total. The highest BCUT2D eigenvalue weighted by atomic mass is 16.6. The number of aromatic nitrogens is 2. The quantitative estimate of drug-likeness (QED) is 0.682. The van der Waals surface area contributed by atoms with Crippen molar-refractivity contribution >= 4 is 17.9 Å². The normalized spacial score (nSPS) is 11.3. The van der Waals surface area contributed by atoms with Crippen molar-refractivity contribution in [3.05, 3.63) is 48.1 Å². The Hall–Kier alpha value is -3.03. The van der Waals surface area contributed by atoms with E-state index in [4.69, 9.17) is 9.47 Å². The number of hydrogen-bond acceptors (Lipinski definition) is 6. The molecule has 0 aromatic carbocycles. The summed E-state index contributed by atoms with van der Waals surface area (Å²) in [5.74, 6) is -0.126. The Kier molecular flexibility index (Phi) is 7.82. The van der Waals surface area contributed by atoms with Gasteiger partial charge in [-0.15, -0.1) is 0 Å². The van der Waals surface area contributed by atoms with Gasteiger partial charge >= 0.3 is 12.2 Å². The lowest BCUT2D eigenvalue weighted by Gasteiger charge is -2.28. The fourth-order valence-electron chi connectivity index (χ4n) is 2.05. The number of imide groups is 1. The van der Waals surface area contributed by atoms with E-state index in [1.807, 2.05) is 0 Å². The lowest BCUT2D eigenvalue weighted by atomic mass is 10.2. The van der Waals surface area contributed by atoms with Crippen LogP contribution in [0.2, 0.25) is 0 Å². The maximum absolute atomic E-state index is 12.6. The van der Waals surface area contributed by atoms with E-state index in [2.05, 4.69) is 16.5 Å². The van der Waals surface area contributed by atoms with E-state index in [-0.39, 0.29) is 12.3 Å². The molecule has 1 aromatic rings. The summed E-state index contributed by atoms with van der Waals surface area (Å²) in [6.07, 6.45) is 1.20. The summed E-state index contributed by atoms with van der Waals surface area (Å²) < 4.78 is 10.7. The van der Waals surface area contributed by atoms with Crippen LogP contribution in [0.1, 0.15) is 58.5 Å². The van der Waals surface area contributed by atoms with Gasteiger partial charge in [0, 0.05) is 23.7 Å². The molecule has 2 N–H and O–H groups in total. The van der Waals surface area contributed by atoms with Crippen molar-refractivity contribution in [2.45, 2.75) is 66.2 Å². The highest BCUT2D eigenvalue weighted by Crippen LogP contribution is 2.16. The average molecular weight is 405 g/mol. The van der Waals surface area contributed by atoms with Crippen molar-refractivity contribution in [1.29, 1.82) is 0 Å². The van der Waals surface area contributed by atoms with E-state index >= 15 is 0 Å². The third kappa shape index (κ3) is 9.14. The van der Waals surface area contributed by atoms with Crippen molar-refractivity contribution in [3.8, 4) is 0 Å². The number of aliphatic hydroxyl groups excluding tert-OH is 1. The second-order valence-corrected chi connectivity index (χ2v) is 8.52. The number of carbonyl (C=O) groups excluding carboxylic acids is 2. The van der Waals surface area contributed by atoms with Crippen LogP contribution in [-0.4, -0.2) is 43.4 Å². The molecule has 1 rings (SSSR count). The number of ether oxygens (including phenoxy) is 2. The van der Waals surface area contributed by atoms with Crippen molar-refractivity contribution in [2.75, 3.05) is 0 Å². The number of nitrogens with one attached hydrogen (secondary N) is 1. The van der Waals surface area contributed by atoms with E-state index in [0.29, 0.717) is 17.0 Å². The standard InChI is InChI=1S/C21H31N3O5/c1-14-9-10-16(15(2)25)11-22-12-17(23-14)13-24(18(26)28-20(3,4)5)19(27)29-21(6,7)8/h9-12,23,25H,2,13H2,1,3-8H3. The van der Waals surface area contributed by atoms with Crippen molar-refractivity contribution in [3.63, 3.8) is 0 Å². The molecule has 0 bridgehead atoms. The fourth-order valence-corrected chi connectivity index (χ4v) is 2.05.